The van der Waals surface area contributed by atoms with Gasteiger partial charge in [0.05, 0.1) is 13.2 Å². The van der Waals surface area contributed by atoms with E-state index in [9.17, 15) is 4.79 Å². The summed E-state index contributed by atoms with van der Waals surface area (Å²) in [5, 5.41) is 0. The van der Waals surface area contributed by atoms with Gasteiger partial charge in [-0.3, -0.25) is 4.79 Å². The summed E-state index contributed by atoms with van der Waals surface area (Å²) in [5.41, 5.74) is 8.06. The third-order valence-electron chi connectivity index (χ3n) is 3.64. The second kappa shape index (κ2) is 9.67. The van der Waals surface area contributed by atoms with Gasteiger partial charge >= 0.3 is 0 Å². The highest BCUT2D eigenvalue weighted by atomic mass is 79.9. The molecule has 0 saturated carbocycles. The van der Waals surface area contributed by atoms with Gasteiger partial charge < -0.3 is 15.4 Å². The van der Waals surface area contributed by atoms with Gasteiger partial charge in [0, 0.05) is 23.6 Å². The molecule has 0 aliphatic rings. The van der Waals surface area contributed by atoms with Crippen LogP contribution in [-0.4, -0.2) is 31.0 Å². The lowest BCUT2D eigenvalue weighted by Gasteiger charge is -2.22. The van der Waals surface area contributed by atoms with Crippen molar-refractivity contribution >= 4 is 34.2 Å². The summed E-state index contributed by atoms with van der Waals surface area (Å²) in [5.74, 6) is 0.667. The average molecular weight is 414 g/mol. The van der Waals surface area contributed by atoms with Crippen LogP contribution in [0.15, 0.2) is 53.0 Å². The Morgan fingerprint density at radius 1 is 1.25 bits per heavy atom. The summed E-state index contributed by atoms with van der Waals surface area (Å²) in [4.78, 5) is 14.1. The van der Waals surface area contributed by atoms with Crippen LogP contribution in [0.1, 0.15) is 11.1 Å². The van der Waals surface area contributed by atoms with E-state index in [4.69, 9.17) is 10.5 Å². The number of hydrogen-bond acceptors (Lipinski definition) is 3. The van der Waals surface area contributed by atoms with Gasteiger partial charge in [-0.2, -0.15) is 0 Å². The quantitative estimate of drug-likeness (QED) is 0.789. The second-order valence-electron chi connectivity index (χ2n) is 5.45. The maximum Gasteiger partial charge on any atom is 0.239 e. The molecule has 0 fully saturated rings. The maximum atomic E-state index is 12.5. The number of amides is 1. The summed E-state index contributed by atoms with van der Waals surface area (Å²) in [6, 6.07) is 15.0. The van der Waals surface area contributed by atoms with Gasteiger partial charge in [-0.15, -0.1) is 12.4 Å². The normalized spacial score (nSPS) is 11.3. The van der Waals surface area contributed by atoms with Gasteiger partial charge in [0.15, 0.2) is 0 Å². The van der Waals surface area contributed by atoms with Crippen molar-refractivity contribution in [2.75, 3.05) is 14.2 Å². The first kappa shape index (κ1) is 20.5. The van der Waals surface area contributed by atoms with Crippen LogP contribution in [0.3, 0.4) is 0 Å². The Labute approximate surface area is 157 Å². The number of carbonyl (C=O) groups is 1. The molecule has 1 atom stereocenters. The third-order valence-corrected chi connectivity index (χ3v) is 4.14. The van der Waals surface area contributed by atoms with E-state index in [0.717, 1.165) is 21.3 Å². The molecule has 1 unspecified atom stereocenters. The summed E-state index contributed by atoms with van der Waals surface area (Å²) >= 11 is 3.44. The zero-order valence-corrected chi connectivity index (χ0v) is 16.1. The standard InChI is InChI=1S/C18H21BrN2O2.ClH/c1-21(12-14-11-15(19)8-9-17(14)23-2)18(22)16(20)10-13-6-4-3-5-7-13;/h3-9,11,16H,10,12,20H2,1-2H3;1H. The van der Waals surface area contributed by atoms with Crippen molar-refractivity contribution in [3.63, 3.8) is 0 Å². The van der Waals surface area contributed by atoms with Crippen molar-refractivity contribution in [2.45, 2.75) is 19.0 Å². The number of halogens is 2. The van der Waals surface area contributed by atoms with E-state index in [2.05, 4.69) is 15.9 Å². The fraction of sp³-hybridized carbons (Fsp3) is 0.278. The molecule has 0 saturated heterocycles. The lowest BCUT2D eigenvalue weighted by atomic mass is 10.1. The van der Waals surface area contributed by atoms with Gasteiger partial charge in [0.1, 0.15) is 5.75 Å². The molecule has 4 nitrogen and oxygen atoms in total. The van der Waals surface area contributed by atoms with E-state index in [1.165, 1.54) is 0 Å². The molecule has 0 aromatic heterocycles. The molecule has 0 bridgehead atoms. The van der Waals surface area contributed by atoms with Gasteiger partial charge in [-0.25, -0.2) is 0 Å². The predicted octanol–water partition coefficient (Wildman–Crippen LogP) is 3.41. The molecular formula is C18H22BrClN2O2. The number of methoxy groups -OCH3 is 1. The zero-order valence-electron chi connectivity index (χ0n) is 13.7. The summed E-state index contributed by atoms with van der Waals surface area (Å²) in [6.07, 6.45) is 0.527. The van der Waals surface area contributed by atoms with Crippen molar-refractivity contribution in [3.8, 4) is 5.75 Å². The number of rotatable bonds is 6. The van der Waals surface area contributed by atoms with Crippen LogP contribution in [0.2, 0.25) is 0 Å². The predicted molar refractivity (Wildman–Crippen MR) is 103 cm³/mol. The van der Waals surface area contributed by atoms with E-state index < -0.39 is 6.04 Å². The first-order valence-corrected chi connectivity index (χ1v) is 8.17. The molecule has 130 valence electrons. The molecule has 0 aliphatic carbocycles. The van der Waals surface area contributed by atoms with Crippen LogP contribution in [0, 0.1) is 0 Å². The SMILES string of the molecule is COc1ccc(Br)cc1CN(C)C(=O)C(N)Cc1ccccc1.Cl. The minimum Gasteiger partial charge on any atom is -0.496 e. The Kier molecular flexibility index (Phi) is 8.25. The first-order valence-electron chi connectivity index (χ1n) is 7.38. The minimum absolute atomic E-state index is 0. The number of nitrogens with zero attached hydrogens (tertiary/aromatic N) is 1. The van der Waals surface area contributed by atoms with Crippen LogP contribution in [0.5, 0.6) is 5.75 Å². The number of benzene rings is 2. The van der Waals surface area contributed by atoms with E-state index in [1.54, 1.807) is 19.1 Å². The van der Waals surface area contributed by atoms with Crippen LogP contribution >= 0.6 is 28.3 Å². The zero-order chi connectivity index (χ0) is 16.8. The van der Waals surface area contributed by atoms with Crippen molar-refractivity contribution in [2.24, 2.45) is 5.73 Å². The molecule has 2 aromatic carbocycles. The molecule has 0 heterocycles. The third kappa shape index (κ3) is 5.51. The summed E-state index contributed by atoms with van der Waals surface area (Å²) < 4.78 is 6.29. The smallest absolute Gasteiger partial charge is 0.239 e. The van der Waals surface area contributed by atoms with Gasteiger partial charge in [0.2, 0.25) is 5.91 Å². The number of likely N-dealkylation sites (N-methyl/N-ethyl adjacent to an activating group) is 1. The Bertz CT molecular complexity index is 667. The Hall–Kier alpha value is -1.56. The monoisotopic (exact) mass is 412 g/mol. The largest absolute Gasteiger partial charge is 0.496 e. The Morgan fingerprint density at radius 3 is 2.54 bits per heavy atom. The molecule has 24 heavy (non-hydrogen) atoms. The summed E-state index contributed by atoms with van der Waals surface area (Å²) in [6.45, 7) is 0.448. The molecule has 2 N–H and O–H groups in total. The first-order chi connectivity index (χ1) is 11.0. The van der Waals surface area contributed by atoms with Crippen molar-refractivity contribution < 1.29 is 9.53 Å². The second-order valence-corrected chi connectivity index (χ2v) is 6.36. The van der Waals surface area contributed by atoms with E-state index in [-0.39, 0.29) is 18.3 Å². The van der Waals surface area contributed by atoms with Crippen molar-refractivity contribution in [1.82, 2.24) is 4.90 Å². The van der Waals surface area contributed by atoms with Gasteiger partial charge in [-0.05, 0) is 30.2 Å². The molecule has 1 amide bonds. The average Bonchev–Trinajstić information content (AvgIpc) is 2.55. The van der Waals surface area contributed by atoms with E-state index >= 15 is 0 Å². The number of hydrogen-bond donors (Lipinski definition) is 1. The minimum atomic E-state index is -0.555. The van der Waals surface area contributed by atoms with E-state index in [1.807, 2.05) is 48.5 Å². The van der Waals surface area contributed by atoms with Gasteiger partial charge in [-0.1, -0.05) is 46.3 Å². The molecule has 0 radical (unpaired) electrons. The molecule has 0 aliphatic heterocycles. The lowest BCUT2D eigenvalue weighted by Crippen LogP contribution is -2.42. The van der Waals surface area contributed by atoms with Crippen LogP contribution in [0.25, 0.3) is 0 Å². The molecule has 2 rings (SSSR count). The lowest BCUT2D eigenvalue weighted by molar-refractivity contribution is -0.131. The molecular weight excluding hydrogens is 392 g/mol. The topological polar surface area (TPSA) is 55.6 Å². The molecule has 0 spiro atoms. The number of carbonyl (C=O) groups excluding carboxylic acids is 1. The van der Waals surface area contributed by atoms with Crippen LogP contribution in [0.4, 0.5) is 0 Å². The van der Waals surface area contributed by atoms with Crippen LogP contribution < -0.4 is 10.5 Å². The Morgan fingerprint density at radius 2 is 1.92 bits per heavy atom. The Balaban J connectivity index is 0.00000288. The van der Waals surface area contributed by atoms with Crippen molar-refractivity contribution in [3.05, 3.63) is 64.1 Å². The highest BCUT2D eigenvalue weighted by molar-refractivity contribution is 9.10. The number of nitrogens with two attached hydrogens (primary N) is 1. The van der Waals surface area contributed by atoms with Gasteiger partial charge in [0.25, 0.3) is 0 Å². The molecule has 6 heteroatoms. The maximum absolute atomic E-state index is 12.5. The highest BCUT2D eigenvalue weighted by Gasteiger charge is 2.19. The van der Waals surface area contributed by atoms with Crippen molar-refractivity contribution in [1.29, 1.82) is 0 Å². The fourth-order valence-electron chi connectivity index (χ4n) is 2.44. The highest BCUT2D eigenvalue weighted by Crippen LogP contribution is 2.24. The molecule has 2 aromatic rings. The fourth-order valence-corrected chi connectivity index (χ4v) is 2.85. The van der Waals surface area contributed by atoms with E-state index in [0.29, 0.717) is 13.0 Å². The van der Waals surface area contributed by atoms with Crippen LogP contribution in [-0.2, 0) is 17.8 Å². The number of ether oxygens (including phenoxy) is 1. The summed E-state index contributed by atoms with van der Waals surface area (Å²) in [7, 11) is 3.38.